The van der Waals surface area contributed by atoms with Gasteiger partial charge in [-0.25, -0.2) is 0 Å². The van der Waals surface area contributed by atoms with E-state index in [4.69, 9.17) is 0 Å². The van der Waals surface area contributed by atoms with Gasteiger partial charge in [-0.1, -0.05) is 36.4 Å². The minimum atomic E-state index is -0.179. The van der Waals surface area contributed by atoms with Gasteiger partial charge in [-0.15, -0.1) is 0 Å². The third kappa shape index (κ3) is 3.80. The van der Waals surface area contributed by atoms with Gasteiger partial charge in [0.1, 0.15) is 5.75 Å². The molecule has 4 nitrogen and oxygen atoms in total. The maximum Gasteiger partial charge on any atom is 0.269 e. The smallest absolute Gasteiger partial charge is 0.269 e. The molecule has 3 N–H and O–H groups in total. The van der Waals surface area contributed by atoms with Crippen molar-refractivity contribution in [2.75, 3.05) is 0 Å². The van der Waals surface area contributed by atoms with Crippen molar-refractivity contribution in [3.05, 3.63) is 78.0 Å². The highest BCUT2D eigenvalue weighted by Gasteiger charge is 2.06. The summed E-state index contributed by atoms with van der Waals surface area (Å²) in [6.07, 6.45) is 8.10. The number of allylic oxidation sites excluding steroid dienone is 3. The monoisotopic (exact) mass is 306 g/mol. The largest absolute Gasteiger partial charge is 0.508 e. The normalized spacial score (nSPS) is 13.3. The Kier molecular flexibility index (Phi) is 4.43. The zero-order valence-corrected chi connectivity index (χ0v) is 12.6. The molecule has 0 unspecified atom stereocenters. The predicted octanol–water partition coefficient (Wildman–Crippen LogP) is 3.53. The summed E-state index contributed by atoms with van der Waals surface area (Å²) in [7, 11) is 0. The van der Waals surface area contributed by atoms with Crippen molar-refractivity contribution >= 4 is 5.91 Å². The number of carbonyl (C=O) groups is 1. The summed E-state index contributed by atoms with van der Waals surface area (Å²) in [5, 5.41) is 9.32. The first-order valence-electron chi connectivity index (χ1n) is 7.55. The topological polar surface area (TPSA) is 61.4 Å². The summed E-state index contributed by atoms with van der Waals surface area (Å²) < 4.78 is 0. The first-order chi connectivity index (χ1) is 11.2. The minimum Gasteiger partial charge on any atom is -0.508 e. The number of phenolic OH excluding ortho intramolecular Hbond substituents is 1. The molecule has 0 heterocycles. The van der Waals surface area contributed by atoms with Crippen LogP contribution in [-0.2, 0) is 0 Å². The predicted molar refractivity (Wildman–Crippen MR) is 90.6 cm³/mol. The van der Waals surface area contributed by atoms with E-state index in [1.165, 1.54) is 0 Å². The minimum absolute atomic E-state index is 0.179. The summed E-state index contributed by atoms with van der Waals surface area (Å²) in [6.45, 7) is 0. The van der Waals surface area contributed by atoms with E-state index in [-0.39, 0.29) is 11.7 Å². The Balaban J connectivity index is 1.64. The number of nitrogens with one attached hydrogen (secondary N) is 2. The third-order valence-corrected chi connectivity index (χ3v) is 3.66. The summed E-state index contributed by atoms with van der Waals surface area (Å²) in [4.78, 5) is 12.1. The molecule has 0 aliphatic heterocycles. The molecular weight excluding hydrogens is 288 g/mol. The number of hydrogen-bond acceptors (Lipinski definition) is 3. The summed E-state index contributed by atoms with van der Waals surface area (Å²) in [6, 6.07) is 14.3. The zero-order chi connectivity index (χ0) is 16.1. The molecule has 3 rings (SSSR count). The Bertz CT molecular complexity index is 744. The molecule has 0 saturated carbocycles. The molecule has 116 valence electrons. The molecule has 0 atom stereocenters. The van der Waals surface area contributed by atoms with Crippen LogP contribution in [0.1, 0.15) is 23.2 Å². The lowest BCUT2D eigenvalue weighted by Gasteiger charge is -2.12. The van der Waals surface area contributed by atoms with Crippen LogP contribution >= 0.6 is 0 Å². The molecule has 0 saturated heterocycles. The van der Waals surface area contributed by atoms with Crippen molar-refractivity contribution in [2.45, 2.75) is 12.8 Å². The van der Waals surface area contributed by atoms with Crippen LogP contribution in [0.15, 0.2) is 72.5 Å². The fourth-order valence-corrected chi connectivity index (χ4v) is 2.38. The Labute approximate surface area is 135 Å². The molecule has 23 heavy (non-hydrogen) atoms. The zero-order valence-electron chi connectivity index (χ0n) is 12.6. The number of carbonyl (C=O) groups excluding carboxylic acids is 1. The van der Waals surface area contributed by atoms with Crippen molar-refractivity contribution in [3.8, 4) is 16.9 Å². The lowest BCUT2D eigenvalue weighted by Crippen LogP contribution is -2.36. The number of hydrogen-bond donors (Lipinski definition) is 3. The number of phenols is 1. The number of hydrazine groups is 1. The molecule has 2 aromatic carbocycles. The van der Waals surface area contributed by atoms with Gasteiger partial charge >= 0.3 is 0 Å². The average molecular weight is 306 g/mol. The van der Waals surface area contributed by atoms with Gasteiger partial charge in [0.2, 0.25) is 0 Å². The summed E-state index contributed by atoms with van der Waals surface area (Å²) >= 11 is 0. The van der Waals surface area contributed by atoms with E-state index >= 15 is 0 Å². The van der Waals surface area contributed by atoms with E-state index in [0.29, 0.717) is 5.56 Å². The standard InChI is InChI=1S/C19H18N2O2/c22-18-12-10-15(11-13-18)14-6-8-16(9-7-14)19(23)21-20-17-4-2-1-3-5-17/h2,4-13,20,22H,1,3H2,(H,21,23). The molecule has 2 aromatic rings. The van der Waals surface area contributed by atoms with E-state index in [2.05, 4.69) is 16.9 Å². The molecule has 1 aliphatic carbocycles. The second kappa shape index (κ2) is 6.83. The number of benzene rings is 2. The Morgan fingerprint density at radius 2 is 1.57 bits per heavy atom. The number of amides is 1. The summed E-state index contributed by atoms with van der Waals surface area (Å²) in [5.41, 5.74) is 9.09. The van der Waals surface area contributed by atoms with Gasteiger partial charge in [-0.3, -0.25) is 15.6 Å². The van der Waals surface area contributed by atoms with Crippen LogP contribution in [0.25, 0.3) is 11.1 Å². The van der Waals surface area contributed by atoms with Crippen LogP contribution in [0.5, 0.6) is 5.75 Å². The summed E-state index contributed by atoms with van der Waals surface area (Å²) in [5.74, 6) is 0.0593. The SMILES string of the molecule is O=C(NNC1=CCCC=C1)c1ccc(-c2ccc(O)cc2)cc1. The fourth-order valence-electron chi connectivity index (χ4n) is 2.38. The highest BCUT2D eigenvalue weighted by molar-refractivity contribution is 5.94. The van der Waals surface area contributed by atoms with Crippen LogP contribution in [0.3, 0.4) is 0 Å². The average Bonchev–Trinajstić information content (AvgIpc) is 2.61. The Morgan fingerprint density at radius 1 is 0.913 bits per heavy atom. The van der Waals surface area contributed by atoms with Gasteiger partial charge in [0.15, 0.2) is 0 Å². The van der Waals surface area contributed by atoms with Crippen molar-refractivity contribution in [2.24, 2.45) is 0 Å². The van der Waals surface area contributed by atoms with Crippen LogP contribution < -0.4 is 10.9 Å². The maximum atomic E-state index is 12.1. The van der Waals surface area contributed by atoms with Crippen LogP contribution in [0.4, 0.5) is 0 Å². The lowest BCUT2D eigenvalue weighted by molar-refractivity contribution is 0.0939. The van der Waals surface area contributed by atoms with Gasteiger partial charge in [-0.2, -0.15) is 0 Å². The molecule has 0 bridgehead atoms. The second-order valence-corrected chi connectivity index (χ2v) is 5.34. The van der Waals surface area contributed by atoms with Gasteiger partial charge in [0, 0.05) is 11.3 Å². The van der Waals surface area contributed by atoms with Gasteiger partial charge in [0.05, 0.1) is 0 Å². The molecule has 0 aromatic heterocycles. The van der Waals surface area contributed by atoms with E-state index < -0.39 is 0 Å². The van der Waals surface area contributed by atoms with E-state index in [1.54, 1.807) is 24.3 Å². The van der Waals surface area contributed by atoms with Crippen LogP contribution in [-0.4, -0.2) is 11.0 Å². The van der Waals surface area contributed by atoms with Gasteiger partial charge in [0.25, 0.3) is 5.91 Å². The third-order valence-electron chi connectivity index (χ3n) is 3.66. The van der Waals surface area contributed by atoms with Gasteiger partial charge in [-0.05, 0) is 54.3 Å². The number of rotatable bonds is 4. The molecule has 1 aliphatic rings. The second-order valence-electron chi connectivity index (χ2n) is 5.34. The van der Waals surface area contributed by atoms with Crippen molar-refractivity contribution in [1.29, 1.82) is 0 Å². The van der Waals surface area contributed by atoms with Crippen molar-refractivity contribution in [3.63, 3.8) is 0 Å². The Hall–Kier alpha value is -3.01. The van der Waals surface area contributed by atoms with E-state index in [9.17, 15) is 9.90 Å². The molecule has 0 spiro atoms. The molecule has 1 amide bonds. The van der Waals surface area contributed by atoms with Crippen LogP contribution in [0, 0.1) is 0 Å². The van der Waals surface area contributed by atoms with Crippen molar-refractivity contribution < 1.29 is 9.90 Å². The first kappa shape index (κ1) is 14.9. The molecule has 0 radical (unpaired) electrons. The fraction of sp³-hybridized carbons (Fsp3) is 0.105. The number of aromatic hydroxyl groups is 1. The lowest BCUT2D eigenvalue weighted by atomic mass is 10.0. The van der Waals surface area contributed by atoms with E-state index in [1.807, 2.05) is 36.4 Å². The molecule has 4 heteroatoms. The van der Waals surface area contributed by atoms with Crippen LogP contribution in [0.2, 0.25) is 0 Å². The quantitative estimate of drug-likeness (QED) is 0.757. The maximum absolute atomic E-state index is 12.1. The highest BCUT2D eigenvalue weighted by Crippen LogP contribution is 2.22. The van der Waals surface area contributed by atoms with Crippen molar-refractivity contribution in [1.82, 2.24) is 10.9 Å². The Morgan fingerprint density at radius 3 is 2.17 bits per heavy atom. The molecular formula is C19H18N2O2. The van der Waals surface area contributed by atoms with Gasteiger partial charge < -0.3 is 5.11 Å². The van der Waals surface area contributed by atoms with E-state index in [0.717, 1.165) is 29.7 Å². The first-order valence-corrected chi connectivity index (χ1v) is 7.55. The highest BCUT2D eigenvalue weighted by atomic mass is 16.3. The molecule has 0 fully saturated rings.